The van der Waals surface area contributed by atoms with E-state index in [1.165, 1.54) is 6.08 Å². The molecule has 1 saturated heterocycles. The first kappa shape index (κ1) is 16.5. The molecule has 1 aliphatic rings. The highest BCUT2D eigenvalue weighted by atomic mass is 16.5. The monoisotopic (exact) mass is 362 g/mol. The molecule has 134 valence electrons. The fourth-order valence-corrected chi connectivity index (χ4v) is 2.85. The van der Waals surface area contributed by atoms with E-state index in [2.05, 4.69) is 15.6 Å². The Morgan fingerprint density at radius 2 is 1.70 bits per heavy atom. The minimum Gasteiger partial charge on any atom is -0.497 e. The maximum Gasteiger partial charge on any atom is 0.328 e. The van der Waals surface area contributed by atoms with Crippen molar-refractivity contribution in [1.82, 2.24) is 20.0 Å². The van der Waals surface area contributed by atoms with Gasteiger partial charge in [0.2, 0.25) is 0 Å². The third-order valence-corrected chi connectivity index (χ3v) is 4.15. The van der Waals surface area contributed by atoms with E-state index < -0.39 is 17.8 Å². The van der Waals surface area contributed by atoms with E-state index in [4.69, 9.17) is 4.74 Å². The molecule has 1 fully saturated rings. The Morgan fingerprint density at radius 1 is 1.00 bits per heavy atom. The summed E-state index contributed by atoms with van der Waals surface area (Å²) >= 11 is 0. The summed E-state index contributed by atoms with van der Waals surface area (Å²) < 4.78 is 7.04. The van der Waals surface area contributed by atoms with Gasteiger partial charge in [-0.15, -0.1) is 0 Å². The molecule has 0 bridgehead atoms. The van der Waals surface area contributed by atoms with Crippen LogP contribution in [0.25, 0.3) is 23.0 Å². The van der Waals surface area contributed by atoms with Crippen molar-refractivity contribution < 1.29 is 19.1 Å². The van der Waals surface area contributed by atoms with E-state index in [0.29, 0.717) is 17.0 Å². The number of barbiturate groups is 1. The number of methoxy groups -OCH3 is 1. The molecule has 0 unspecified atom stereocenters. The summed E-state index contributed by atoms with van der Waals surface area (Å²) in [6, 6.07) is 12.1. The lowest BCUT2D eigenvalue weighted by Crippen LogP contribution is -2.51. The minimum absolute atomic E-state index is 0.181. The van der Waals surface area contributed by atoms with Crippen LogP contribution in [0, 0.1) is 0 Å². The largest absolute Gasteiger partial charge is 0.497 e. The number of benzene rings is 1. The number of rotatable bonds is 3. The summed E-state index contributed by atoms with van der Waals surface area (Å²) in [7, 11) is 1.59. The van der Waals surface area contributed by atoms with Gasteiger partial charge < -0.3 is 4.74 Å². The highest BCUT2D eigenvalue weighted by Gasteiger charge is 2.28. The maximum atomic E-state index is 12.0. The number of nitrogens with one attached hydrogen (secondary N) is 2. The summed E-state index contributed by atoms with van der Waals surface area (Å²) in [6.45, 7) is 0. The van der Waals surface area contributed by atoms with E-state index in [9.17, 15) is 14.4 Å². The van der Waals surface area contributed by atoms with Gasteiger partial charge >= 0.3 is 6.03 Å². The predicted molar refractivity (Wildman–Crippen MR) is 96.8 cm³/mol. The van der Waals surface area contributed by atoms with Crippen molar-refractivity contribution in [3.8, 4) is 17.1 Å². The van der Waals surface area contributed by atoms with Crippen molar-refractivity contribution in [3.05, 3.63) is 59.9 Å². The summed E-state index contributed by atoms with van der Waals surface area (Å²) in [6.07, 6.45) is 3.22. The average molecular weight is 362 g/mol. The first-order valence-electron chi connectivity index (χ1n) is 8.06. The van der Waals surface area contributed by atoms with Gasteiger partial charge in [0.05, 0.1) is 18.3 Å². The Balaban J connectivity index is 1.85. The highest BCUT2D eigenvalue weighted by Crippen LogP contribution is 2.26. The van der Waals surface area contributed by atoms with Crippen LogP contribution in [-0.2, 0) is 9.59 Å². The van der Waals surface area contributed by atoms with Crippen molar-refractivity contribution >= 4 is 29.4 Å². The quantitative estimate of drug-likeness (QED) is 0.546. The summed E-state index contributed by atoms with van der Waals surface area (Å²) in [5, 5.41) is 4.11. The number of imide groups is 2. The summed E-state index contributed by atoms with van der Waals surface area (Å²) in [5.74, 6) is -0.145. The average Bonchev–Trinajstić information content (AvgIpc) is 3.03. The molecule has 1 aromatic carbocycles. The van der Waals surface area contributed by atoms with Gasteiger partial charge in [-0.25, -0.2) is 9.78 Å². The number of hydrogen-bond acceptors (Lipinski definition) is 5. The number of hydrogen-bond donors (Lipinski definition) is 2. The molecule has 3 heterocycles. The lowest BCUT2D eigenvalue weighted by molar-refractivity contribution is -0.123. The topological polar surface area (TPSA) is 102 Å². The van der Waals surface area contributed by atoms with Crippen molar-refractivity contribution in [2.75, 3.05) is 7.11 Å². The Bertz CT molecular complexity index is 1090. The van der Waals surface area contributed by atoms with E-state index in [1.54, 1.807) is 7.11 Å². The fourth-order valence-electron chi connectivity index (χ4n) is 2.85. The smallest absolute Gasteiger partial charge is 0.328 e. The third-order valence-electron chi connectivity index (χ3n) is 4.15. The number of pyridine rings is 1. The second-order valence-electron chi connectivity index (χ2n) is 5.80. The minimum atomic E-state index is -0.837. The molecule has 27 heavy (non-hydrogen) atoms. The van der Waals surface area contributed by atoms with Crippen molar-refractivity contribution in [1.29, 1.82) is 0 Å². The molecule has 4 rings (SSSR count). The number of carbonyl (C=O) groups excluding carboxylic acids is 3. The molecular formula is C19H14N4O4. The molecule has 2 N–H and O–H groups in total. The number of amides is 4. The van der Waals surface area contributed by atoms with Crippen LogP contribution in [0.15, 0.2) is 54.2 Å². The van der Waals surface area contributed by atoms with Gasteiger partial charge in [0.15, 0.2) is 0 Å². The molecule has 0 aliphatic carbocycles. The standard InChI is InChI=1S/C19H14N4O4/c1-27-12-7-5-11(6-8-12)16-20-14(15-4-2-3-9-23(15)16)10-13-17(24)21-19(26)22-18(13)25/h2-10H,1H3,(H2,21,22,24,25,26). The van der Waals surface area contributed by atoms with Crippen LogP contribution in [0.1, 0.15) is 5.69 Å². The second-order valence-corrected chi connectivity index (χ2v) is 5.80. The molecule has 0 atom stereocenters. The van der Waals surface area contributed by atoms with Crippen molar-refractivity contribution in [2.45, 2.75) is 0 Å². The molecule has 2 aromatic heterocycles. The number of fused-ring (bicyclic) bond motifs is 1. The van der Waals surface area contributed by atoms with Crippen LogP contribution < -0.4 is 15.4 Å². The fraction of sp³-hybridized carbons (Fsp3) is 0.0526. The lowest BCUT2D eigenvalue weighted by atomic mass is 10.1. The van der Waals surface area contributed by atoms with Gasteiger partial charge in [-0.05, 0) is 42.5 Å². The SMILES string of the molecule is COc1ccc(-c2nc(C=C3C(=O)NC(=O)NC3=O)c3ccccn23)cc1. The first-order valence-corrected chi connectivity index (χ1v) is 8.06. The predicted octanol–water partition coefficient (Wildman–Crippen LogP) is 1.76. The molecule has 3 aromatic rings. The highest BCUT2D eigenvalue weighted by molar-refractivity contribution is 6.31. The Labute approximate surface area is 153 Å². The zero-order valence-electron chi connectivity index (χ0n) is 14.2. The van der Waals surface area contributed by atoms with Crippen LogP contribution in [0.2, 0.25) is 0 Å². The van der Waals surface area contributed by atoms with Gasteiger partial charge in [-0.1, -0.05) is 6.07 Å². The van der Waals surface area contributed by atoms with Crippen LogP contribution in [-0.4, -0.2) is 34.3 Å². The normalized spacial score (nSPS) is 14.1. The van der Waals surface area contributed by atoms with Gasteiger partial charge in [0, 0.05) is 11.8 Å². The lowest BCUT2D eigenvalue weighted by Gasteiger charge is -2.13. The first-order chi connectivity index (χ1) is 13.1. The zero-order valence-corrected chi connectivity index (χ0v) is 14.2. The zero-order chi connectivity index (χ0) is 19.0. The number of nitrogens with zero attached hydrogens (tertiary/aromatic N) is 2. The molecule has 0 saturated carbocycles. The third kappa shape index (κ3) is 2.93. The Kier molecular flexibility index (Phi) is 3.92. The van der Waals surface area contributed by atoms with E-state index in [1.807, 2.05) is 53.1 Å². The van der Waals surface area contributed by atoms with Gasteiger partial charge in [-0.2, -0.15) is 0 Å². The Morgan fingerprint density at radius 3 is 2.37 bits per heavy atom. The van der Waals surface area contributed by atoms with Gasteiger partial charge in [0.25, 0.3) is 11.8 Å². The number of aromatic nitrogens is 2. The molecular weight excluding hydrogens is 348 g/mol. The number of ether oxygens (including phenoxy) is 1. The molecule has 8 heteroatoms. The van der Waals surface area contributed by atoms with Gasteiger partial charge in [0.1, 0.15) is 17.1 Å². The van der Waals surface area contributed by atoms with Gasteiger partial charge in [-0.3, -0.25) is 24.6 Å². The molecule has 1 aliphatic heterocycles. The number of carbonyl (C=O) groups is 3. The molecule has 8 nitrogen and oxygen atoms in total. The molecule has 4 amide bonds. The maximum absolute atomic E-state index is 12.0. The second kappa shape index (κ2) is 6.41. The van der Waals surface area contributed by atoms with Crippen LogP contribution in [0.4, 0.5) is 4.79 Å². The summed E-state index contributed by atoms with van der Waals surface area (Å²) in [5.41, 5.74) is 1.82. The van der Waals surface area contributed by atoms with E-state index in [-0.39, 0.29) is 5.57 Å². The molecule has 0 spiro atoms. The van der Waals surface area contributed by atoms with E-state index >= 15 is 0 Å². The number of urea groups is 1. The van der Waals surface area contributed by atoms with Crippen molar-refractivity contribution in [3.63, 3.8) is 0 Å². The van der Waals surface area contributed by atoms with Crippen molar-refractivity contribution in [2.24, 2.45) is 0 Å². The van der Waals surface area contributed by atoms with Crippen LogP contribution in [0.3, 0.4) is 0 Å². The van der Waals surface area contributed by atoms with Crippen LogP contribution in [0.5, 0.6) is 5.75 Å². The van der Waals surface area contributed by atoms with E-state index in [0.717, 1.165) is 11.3 Å². The van der Waals surface area contributed by atoms with Crippen LogP contribution >= 0.6 is 0 Å². The summed E-state index contributed by atoms with van der Waals surface area (Å²) in [4.78, 5) is 39.8. The number of imidazole rings is 1. The molecule has 0 radical (unpaired) electrons. The Hall–Kier alpha value is -3.94.